The summed E-state index contributed by atoms with van der Waals surface area (Å²) in [7, 11) is 0. The van der Waals surface area contributed by atoms with E-state index in [1.807, 2.05) is 27.7 Å². The van der Waals surface area contributed by atoms with Gasteiger partial charge in [0.2, 0.25) is 0 Å². The first-order valence-electron chi connectivity index (χ1n) is 4.80. The van der Waals surface area contributed by atoms with Crippen LogP contribution in [0, 0.1) is 11.8 Å². The van der Waals surface area contributed by atoms with Gasteiger partial charge in [0.1, 0.15) is 0 Å². The SMILES string of the molecule is CC.CC.C[C@@H]1CC[C@@H]1C. The van der Waals surface area contributed by atoms with Gasteiger partial charge < -0.3 is 0 Å². The molecule has 1 rings (SSSR count). The summed E-state index contributed by atoms with van der Waals surface area (Å²) in [4.78, 5) is 0. The Morgan fingerprint density at radius 1 is 0.700 bits per heavy atom. The molecule has 1 saturated carbocycles. The lowest BCUT2D eigenvalue weighted by Gasteiger charge is -2.29. The van der Waals surface area contributed by atoms with Gasteiger partial charge in [0.25, 0.3) is 0 Å². The maximum absolute atomic E-state index is 2.33. The zero-order valence-electron chi connectivity index (χ0n) is 8.57. The molecule has 0 amide bonds. The van der Waals surface area contributed by atoms with Crippen molar-refractivity contribution < 1.29 is 0 Å². The smallest absolute Gasteiger partial charge is 0.0417 e. The van der Waals surface area contributed by atoms with Crippen LogP contribution in [-0.4, -0.2) is 0 Å². The lowest BCUT2D eigenvalue weighted by Crippen LogP contribution is -2.18. The second kappa shape index (κ2) is 9.00. The van der Waals surface area contributed by atoms with Crippen LogP contribution in [0.25, 0.3) is 0 Å². The van der Waals surface area contributed by atoms with E-state index in [0.29, 0.717) is 0 Å². The van der Waals surface area contributed by atoms with E-state index < -0.39 is 0 Å². The summed E-state index contributed by atoms with van der Waals surface area (Å²) in [5, 5.41) is 0. The average Bonchev–Trinajstić information content (AvgIpc) is 2.08. The van der Waals surface area contributed by atoms with Gasteiger partial charge in [0, 0.05) is 0 Å². The summed E-state index contributed by atoms with van der Waals surface area (Å²) in [6, 6.07) is 0. The topological polar surface area (TPSA) is 0 Å². The summed E-state index contributed by atoms with van der Waals surface area (Å²) < 4.78 is 0. The van der Waals surface area contributed by atoms with Crippen LogP contribution in [0.5, 0.6) is 0 Å². The van der Waals surface area contributed by atoms with Crippen molar-refractivity contribution in [2.45, 2.75) is 54.4 Å². The second-order valence-corrected chi connectivity index (χ2v) is 2.53. The van der Waals surface area contributed by atoms with Gasteiger partial charge in [0.05, 0.1) is 0 Å². The molecule has 0 spiro atoms. The van der Waals surface area contributed by atoms with Gasteiger partial charge in [-0.2, -0.15) is 0 Å². The van der Waals surface area contributed by atoms with Crippen LogP contribution in [0.4, 0.5) is 0 Å². The van der Waals surface area contributed by atoms with Gasteiger partial charge in [-0.1, -0.05) is 54.4 Å². The molecule has 64 valence electrons. The Bertz CT molecular complexity index is 40.0. The fourth-order valence-corrected chi connectivity index (χ4v) is 0.833. The first-order valence-corrected chi connectivity index (χ1v) is 4.80. The lowest BCUT2D eigenvalue weighted by molar-refractivity contribution is 0.219. The van der Waals surface area contributed by atoms with Crippen molar-refractivity contribution in [2.24, 2.45) is 11.8 Å². The highest BCUT2D eigenvalue weighted by Crippen LogP contribution is 2.32. The van der Waals surface area contributed by atoms with E-state index >= 15 is 0 Å². The summed E-state index contributed by atoms with van der Waals surface area (Å²) in [5.74, 6) is 2.06. The Hall–Kier alpha value is 0. The molecule has 1 aliphatic rings. The van der Waals surface area contributed by atoms with Crippen LogP contribution in [0.3, 0.4) is 0 Å². The van der Waals surface area contributed by atoms with Crippen molar-refractivity contribution in [3.05, 3.63) is 0 Å². The Morgan fingerprint density at radius 3 is 0.900 bits per heavy atom. The second-order valence-electron chi connectivity index (χ2n) is 2.53. The van der Waals surface area contributed by atoms with E-state index in [0.717, 1.165) is 11.8 Å². The van der Waals surface area contributed by atoms with Crippen molar-refractivity contribution in [1.29, 1.82) is 0 Å². The van der Waals surface area contributed by atoms with Crippen LogP contribution in [-0.2, 0) is 0 Å². The number of rotatable bonds is 0. The zero-order valence-corrected chi connectivity index (χ0v) is 8.57. The molecule has 0 nitrogen and oxygen atoms in total. The van der Waals surface area contributed by atoms with E-state index in [-0.39, 0.29) is 0 Å². The monoisotopic (exact) mass is 144 g/mol. The Labute approximate surface area is 67.0 Å². The molecule has 0 bridgehead atoms. The summed E-state index contributed by atoms with van der Waals surface area (Å²) >= 11 is 0. The molecule has 1 aliphatic carbocycles. The molecule has 0 radical (unpaired) electrons. The molecule has 1 fully saturated rings. The van der Waals surface area contributed by atoms with Gasteiger partial charge in [0.15, 0.2) is 0 Å². The molecule has 2 atom stereocenters. The third-order valence-corrected chi connectivity index (χ3v) is 2.05. The molecule has 0 heterocycles. The fourth-order valence-electron chi connectivity index (χ4n) is 0.833. The van der Waals surface area contributed by atoms with Gasteiger partial charge >= 0.3 is 0 Å². The third kappa shape index (κ3) is 4.84. The van der Waals surface area contributed by atoms with Gasteiger partial charge in [-0.25, -0.2) is 0 Å². The normalized spacial score (nSPS) is 28.2. The van der Waals surface area contributed by atoms with Crippen LogP contribution >= 0.6 is 0 Å². The first kappa shape index (κ1) is 12.7. The predicted molar refractivity (Wildman–Crippen MR) is 50.3 cm³/mol. The standard InChI is InChI=1S/C6H12.2C2H6/c1-5-3-4-6(5)2;2*1-2/h5-6H,3-4H2,1-2H3;2*1-2H3/t5-,6+;;. The van der Waals surface area contributed by atoms with Crippen LogP contribution in [0.1, 0.15) is 54.4 Å². The maximum Gasteiger partial charge on any atom is -0.0417 e. The van der Waals surface area contributed by atoms with Crippen molar-refractivity contribution in [3.8, 4) is 0 Å². The minimum absolute atomic E-state index is 1.03. The largest absolute Gasteiger partial charge is 0.0683 e. The van der Waals surface area contributed by atoms with E-state index in [1.165, 1.54) is 12.8 Å². The molecule has 0 N–H and O–H groups in total. The third-order valence-electron chi connectivity index (χ3n) is 2.05. The van der Waals surface area contributed by atoms with E-state index in [4.69, 9.17) is 0 Å². The summed E-state index contributed by atoms with van der Waals surface area (Å²) in [6.45, 7) is 12.7. The Morgan fingerprint density at radius 2 is 0.900 bits per heavy atom. The molecule has 0 aliphatic heterocycles. The lowest BCUT2D eigenvalue weighted by atomic mass is 9.77. The number of hydrogen-bond acceptors (Lipinski definition) is 0. The zero-order chi connectivity index (χ0) is 8.57. The molecule has 0 aromatic carbocycles. The van der Waals surface area contributed by atoms with Gasteiger partial charge in [-0.3, -0.25) is 0 Å². The van der Waals surface area contributed by atoms with Crippen molar-refractivity contribution >= 4 is 0 Å². The van der Waals surface area contributed by atoms with Crippen molar-refractivity contribution in [1.82, 2.24) is 0 Å². The van der Waals surface area contributed by atoms with Gasteiger partial charge in [-0.15, -0.1) is 0 Å². The van der Waals surface area contributed by atoms with Crippen LogP contribution in [0.2, 0.25) is 0 Å². The molecule has 0 heteroatoms. The maximum atomic E-state index is 2.33. The number of hydrogen-bond donors (Lipinski definition) is 0. The van der Waals surface area contributed by atoms with E-state index in [9.17, 15) is 0 Å². The average molecular weight is 144 g/mol. The molecular formula is C10H24. The minimum atomic E-state index is 1.03. The molecular weight excluding hydrogens is 120 g/mol. The quantitative estimate of drug-likeness (QED) is 0.480. The highest BCUT2D eigenvalue weighted by molar-refractivity contribution is 4.71. The van der Waals surface area contributed by atoms with E-state index in [2.05, 4.69) is 13.8 Å². The summed E-state index contributed by atoms with van der Waals surface area (Å²) in [5.41, 5.74) is 0. The molecule has 0 unspecified atom stereocenters. The predicted octanol–water partition coefficient (Wildman–Crippen LogP) is 4.10. The Balaban J connectivity index is 0. The van der Waals surface area contributed by atoms with Gasteiger partial charge in [-0.05, 0) is 11.8 Å². The molecule has 0 aromatic rings. The summed E-state index contributed by atoms with van der Waals surface area (Å²) in [6.07, 6.45) is 2.95. The van der Waals surface area contributed by atoms with Crippen LogP contribution in [0.15, 0.2) is 0 Å². The Kier molecular flexibility index (Phi) is 11.4. The van der Waals surface area contributed by atoms with Crippen molar-refractivity contribution in [2.75, 3.05) is 0 Å². The molecule has 10 heavy (non-hydrogen) atoms. The minimum Gasteiger partial charge on any atom is -0.0683 e. The van der Waals surface area contributed by atoms with Crippen LogP contribution < -0.4 is 0 Å². The molecule has 0 aromatic heterocycles. The fraction of sp³-hybridized carbons (Fsp3) is 1.00. The highest BCUT2D eigenvalue weighted by atomic mass is 14.3. The van der Waals surface area contributed by atoms with E-state index in [1.54, 1.807) is 0 Å². The van der Waals surface area contributed by atoms with Crippen molar-refractivity contribution in [3.63, 3.8) is 0 Å². The first-order chi connectivity index (χ1) is 4.80. The molecule has 0 saturated heterocycles. The highest BCUT2D eigenvalue weighted by Gasteiger charge is 2.20.